The second-order valence-electron chi connectivity index (χ2n) is 4.51. The Morgan fingerprint density at radius 1 is 1.05 bits per heavy atom. The van der Waals surface area contributed by atoms with Gasteiger partial charge in [-0.2, -0.15) is 0 Å². The highest BCUT2D eigenvalue weighted by molar-refractivity contribution is 5.75. The van der Waals surface area contributed by atoms with Crippen molar-refractivity contribution in [1.82, 2.24) is 0 Å². The first-order chi connectivity index (χ1) is 9.50. The third kappa shape index (κ3) is 3.14. The summed E-state index contributed by atoms with van der Waals surface area (Å²) in [6.07, 6.45) is -8.34. The van der Waals surface area contributed by atoms with E-state index in [9.17, 15) is 25.2 Å². The third-order valence-corrected chi connectivity index (χ3v) is 3.04. The van der Waals surface area contributed by atoms with E-state index in [2.05, 4.69) is 0 Å². The molecule has 2 rings (SSSR count). The molecule has 0 bridgehead atoms. The van der Waals surface area contributed by atoms with E-state index in [-0.39, 0.29) is 6.61 Å². The summed E-state index contributed by atoms with van der Waals surface area (Å²) in [6, 6.07) is 8.86. The fourth-order valence-electron chi connectivity index (χ4n) is 1.87. The predicted molar refractivity (Wildman–Crippen MR) is 65.1 cm³/mol. The normalized spacial score (nSPS) is 33.7. The molecule has 1 aliphatic heterocycles. The van der Waals surface area contributed by atoms with E-state index in [0.717, 1.165) is 5.56 Å². The number of aliphatic hydroxyl groups is 4. The molecule has 7 heteroatoms. The van der Waals surface area contributed by atoms with Crippen LogP contribution in [-0.4, -0.2) is 57.1 Å². The first-order valence-corrected chi connectivity index (χ1v) is 6.09. The number of hydrogen-bond acceptors (Lipinski definition) is 7. The minimum absolute atomic E-state index is 0.0268. The summed E-state index contributed by atoms with van der Waals surface area (Å²) in [4.78, 5) is 11.8. The average molecular weight is 284 g/mol. The van der Waals surface area contributed by atoms with Gasteiger partial charge in [0.1, 0.15) is 24.9 Å². The second kappa shape index (κ2) is 6.29. The van der Waals surface area contributed by atoms with Gasteiger partial charge in [-0.1, -0.05) is 30.3 Å². The van der Waals surface area contributed by atoms with Crippen molar-refractivity contribution in [3.8, 4) is 0 Å². The molecule has 0 amide bonds. The summed E-state index contributed by atoms with van der Waals surface area (Å²) >= 11 is 0. The van der Waals surface area contributed by atoms with Crippen LogP contribution >= 0.6 is 0 Å². The second-order valence-corrected chi connectivity index (χ2v) is 4.51. The highest BCUT2D eigenvalue weighted by Crippen LogP contribution is 2.21. The Morgan fingerprint density at radius 2 is 1.70 bits per heavy atom. The van der Waals surface area contributed by atoms with Crippen LogP contribution in [0.15, 0.2) is 30.3 Å². The van der Waals surface area contributed by atoms with Gasteiger partial charge in [0.05, 0.1) is 0 Å². The summed E-state index contributed by atoms with van der Waals surface area (Å²) in [5.74, 6) is -0.925. The molecule has 0 aromatic heterocycles. The molecular formula is C13H16O7. The summed E-state index contributed by atoms with van der Waals surface area (Å²) in [5, 5.41) is 37.7. The van der Waals surface area contributed by atoms with Crippen molar-refractivity contribution in [3.05, 3.63) is 35.9 Å². The first-order valence-electron chi connectivity index (χ1n) is 6.09. The maximum absolute atomic E-state index is 11.8. The molecule has 1 saturated heterocycles. The number of esters is 1. The lowest BCUT2D eigenvalue weighted by molar-refractivity contribution is -0.281. The number of rotatable bonds is 3. The van der Waals surface area contributed by atoms with E-state index in [1.165, 1.54) is 0 Å². The largest absolute Gasteiger partial charge is 0.459 e. The molecule has 5 atom stereocenters. The van der Waals surface area contributed by atoms with E-state index < -0.39 is 36.7 Å². The number of hydrogen-bond donors (Lipinski definition) is 4. The van der Waals surface area contributed by atoms with Crippen molar-refractivity contribution in [3.63, 3.8) is 0 Å². The Labute approximate surface area is 115 Å². The molecule has 7 nitrogen and oxygen atoms in total. The molecule has 0 aliphatic carbocycles. The van der Waals surface area contributed by atoms with Gasteiger partial charge in [-0.05, 0) is 5.56 Å². The van der Waals surface area contributed by atoms with Gasteiger partial charge in [0.2, 0.25) is 0 Å². The monoisotopic (exact) mass is 284 g/mol. The lowest BCUT2D eigenvalue weighted by Gasteiger charge is -2.36. The van der Waals surface area contributed by atoms with Crippen molar-refractivity contribution in [2.75, 3.05) is 0 Å². The number of ether oxygens (including phenoxy) is 2. The molecule has 0 saturated carbocycles. The van der Waals surface area contributed by atoms with Crippen molar-refractivity contribution in [1.29, 1.82) is 0 Å². The summed E-state index contributed by atoms with van der Waals surface area (Å²) in [6.45, 7) is -0.0268. The van der Waals surface area contributed by atoms with Crippen molar-refractivity contribution >= 4 is 5.97 Å². The minimum atomic E-state index is -1.76. The van der Waals surface area contributed by atoms with Crippen LogP contribution in [0, 0.1) is 0 Å². The fraction of sp³-hybridized carbons (Fsp3) is 0.462. The lowest BCUT2D eigenvalue weighted by Crippen LogP contribution is -2.59. The van der Waals surface area contributed by atoms with Gasteiger partial charge in [-0.3, -0.25) is 0 Å². The summed E-state index contributed by atoms with van der Waals surface area (Å²) < 4.78 is 9.69. The Hall–Kier alpha value is -1.51. The van der Waals surface area contributed by atoms with Crippen LogP contribution in [0.25, 0.3) is 0 Å². The summed E-state index contributed by atoms with van der Waals surface area (Å²) in [7, 11) is 0. The van der Waals surface area contributed by atoms with Crippen molar-refractivity contribution in [2.45, 2.75) is 37.3 Å². The zero-order chi connectivity index (χ0) is 14.7. The Bertz CT molecular complexity index is 449. The van der Waals surface area contributed by atoms with Crippen molar-refractivity contribution < 1.29 is 34.7 Å². The van der Waals surface area contributed by atoms with Gasteiger partial charge in [-0.15, -0.1) is 0 Å². The molecular weight excluding hydrogens is 268 g/mol. The molecule has 2 unspecified atom stereocenters. The van der Waals surface area contributed by atoms with Gasteiger partial charge in [0.15, 0.2) is 12.4 Å². The lowest BCUT2D eigenvalue weighted by atomic mass is 9.99. The van der Waals surface area contributed by atoms with Gasteiger partial charge >= 0.3 is 5.97 Å². The fourth-order valence-corrected chi connectivity index (χ4v) is 1.87. The Balaban J connectivity index is 1.95. The molecule has 0 radical (unpaired) electrons. The van der Waals surface area contributed by atoms with E-state index in [4.69, 9.17) is 9.47 Å². The van der Waals surface area contributed by atoms with Gasteiger partial charge in [0, 0.05) is 0 Å². The third-order valence-electron chi connectivity index (χ3n) is 3.04. The quantitative estimate of drug-likeness (QED) is 0.501. The summed E-state index contributed by atoms with van der Waals surface area (Å²) in [5.41, 5.74) is 0.743. The van der Waals surface area contributed by atoms with Crippen molar-refractivity contribution in [2.24, 2.45) is 0 Å². The van der Waals surface area contributed by atoms with Crippen LogP contribution in [0.1, 0.15) is 5.56 Å². The van der Waals surface area contributed by atoms with E-state index in [1.807, 2.05) is 6.07 Å². The van der Waals surface area contributed by atoms with E-state index in [1.54, 1.807) is 24.3 Å². The predicted octanol–water partition coefficient (Wildman–Crippen LogP) is -1.47. The van der Waals surface area contributed by atoms with Crippen LogP contribution in [-0.2, 0) is 20.9 Å². The van der Waals surface area contributed by atoms with Crippen LogP contribution in [0.3, 0.4) is 0 Å². The molecule has 4 N–H and O–H groups in total. The molecule has 1 aromatic rings. The highest BCUT2D eigenvalue weighted by atomic mass is 16.7. The van der Waals surface area contributed by atoms with Gasteiger partial charge in [-0.25, -0.2) is 4.79 Å². The molecule has 20 heavy (non-hydrogen) atoms. The first kappa shape index (κ1) is 14.9. The number of aliphatic hydroxyl groups excluding tert-OH is 4. The molecule has 0 spiro atoms. The van der Waals surface area contributed by atoms with Crippen LogP contribution in [0.4, 0.5) is 0 Å². The highest BCUT2D eigenvalue weighted by Gasteiger charge is 2.46. The molecule has 110 valence electrons. The zero-order valence-electron chi connectivity index (χ0n) is 10.5. The minimum Gasteiger partial charge on any atom is -0.459 e. The topological polar surface area (TPSA) is 116 Å². The van der Waals surface area contributed by atoms with E-state index >= 15 is 0 Å². The maximum Gasteiger partial charge on any atom is 0.338 e. The molecule has 1 aromatic carbocycles. The Morgan fingerprint density at radius 3 is 2.35 bits per heavy atom. The van der Waals surface area contributed by atoms with E-state index in [0.29, 0.717) is 0 Å². The standard InChI is InChI=1S/C13H16O7/c14-8-9(15)11(20-12(17)10(8)16)13(18)19-6-7-4-2-1-3-5-7/h1-5,8-12,14-17H,6H2/t8?,9-,10+,11?,12-/m1/s1. The van der Waals surface area contributed by atoms with Gasteiger partial charge < -0.3 is 29.9 Å². The Kier molecular flexibility index (Phi) is 4.69. The van der Waals surface area contributed by atoms with Crippen LogP contribution < -0.4 is 0 Å². The molecule has 1 aliphatic rings. The smallest absolute Gasteiger partial charge is 0.338 e. The van der Waals surface area contributed by atoms with Crippen LogP contribution in [0.5, 0.6) is 0 Å². The SMILES string of the molecule is O=C(OCc1ccccc1)C1O[C@@H](O)[C@@H](O)C(O)[C@H]1O. The number of carbonyl (C=O) groups excluding carboxylic acids is 1. The van der Waals surface area contributed by atoms with Gasteiger partial charge in [0.25, 0.3) is 0 Å². The number of carbonyl (C=O) groups is 1. The average Bonchev–Trinajstić information content (AvgIpc) is 2.47. The molecule has 1 heterocycles. The molecule has 1 fully saturated rings. The maximum atomic E-state index is 11.8. The zero-order valence-corrected chi connectivity index (χ0v) is 10.5. The van der Waals surface area contributed by atoms with Crippen LogP contribution in [0.2, 0.25) is 0 Å². The number of benzene rings is 1.